The van der Waals surface area contributed by atoms with Crippen molar-refractivity contribution in [2.45, 2.75) is 59.3 Å². The van der Waals surface area contributed by atoms with Crippen molar-refractivity contribution in [1.29, 1.82) is 0 Å². The smallest absolute Gasteiger partial charge is 0.464 e. The Labute approximate surface area is 218 Å². The van der Waals surface area contributed by atoms with E-state index in [2.05, 4.69) is 4.76 Å². The zero-order valence-electron chi connectivity index (χ0n) is 22.3. The number of ether oxygens (including phenoxy) is 5. The number of rotatable bonds is 20. The fourth-order valence-corrected chi connectivity index (χ4v) is 3.50. The SMILES string of the molecule is CCCCOC(=O)CN(C)C(N)=NP(=O)(OCCCOC(=O)OCCC)OCCCOC(=O)OCCC. The topological polar surface area (TPSA) is 175 Å². The minimum absolute atomic E-state index is 0.0427. The highest BCUT2D eigenvalue weighted by Crippen LogP contribution is 2.50. The maximum Gasteiger partial charge on any atom is 0.508 e. The molecule has 0 heterocycles. The molecule has 216 valence electrons. The van der Waals surface area contributed by atoms with Gasteiger partial charge in [-0.3, -0.25) is 13.8 Å². The van der Waals surface area contributed by atoms with Gasteiger partial charge in [-0.1, -0.05) is 27.2 Å². The van der Waals surface area contributed by atoms with Gasteiger partial charge in [0.05, 0.1) is 46.2 Å². The standard InChI is InChI=1S/C22H42N3O11P/c1-5-8-13-30-19(26)18-25(4)20(23)24-37(29,35-16-9-14-33-21(27)31-11-6-2)36-17-10-15-34-22(28)32-12-7-3/h5-18H2,1-4H3,(H2,23,24,29). The first-order chi connectivity index (χ1) is 17.7. The van der Waals surface area contributed by atoms with Gasteiger partial charge in [0.15, 0.2) is 0 Å². The number of guanidine groups is 1. The van der Waals surface area contributed by atoms with Crippen LogP contribution in [0.25, 0.3) is 0 Å². The van der Waals surface area contributed by atoms with Crippen LogP contribution in [0.1, 0.15) is 59.3 Å². The molecular formula is C22H42N3O11P. The van der Waals surface area contributed by atoms with Gasteiger partial charge < -0.3 is 34.3 Å². The number of hydrogen-bond donors (Lipinski definition) is 1. The van der Waals surface area contributed by atoms with Crippen molar-refractivity contribution in [3.63, 3.8) is 0 Å². The molecule has 0 unspecified atom stereocenters. The van der Waals surface area contributed by atoms with Gasteiger partial charge in [0.25, 0.3) is 0 Å². The first-order valence-corrected chi connectivity index (χ1v) is 13.9. The molecule has 2 N–H and O–H groups in total. The van der Waals surface area contributed by atoms with Gasteiger partial charge in [0.1, 0.15) is 6.54 Å². The summed E-state index contributed by atoms with van der Waals surface area (Å²) in [4.78, 5) is 35.9. The molecule has 0 aromatic carbocycles. The Morgan fingerprint density at radius 3 is 1.62 bits per heavy atom. The van der Waals surface area contributed by atoms with Crippen LogP contribution in [0.4, 0.5) is 9.59 Å². The number of carbonyl (C=O) groups is 3. The molecule has 14 nitrogen and oxygen atoms in total. The Morgan fingerprint density at radius 2 is 1.16 bits per heavy atom. The largest absolute Gasteiger partial charge is 0.508 e. The molecule has 0 spiro atoms. The van der Waals surface area contributed by atoms with Crippen molar-refractivity contribution in [2.24, 2.45) is 10.5 Å². The third-order valence-electron chi connectivity index (χ3n) is 4.12. The molecule has 0 amide bonds. The summed E-state index contributed by atoms with van der Waals surface area (Å²) in [7, 11) is -2.67. The van der Waals surface area contributed by atoms with E-state index in [1.165, 1.54) is 11.9 Å². The maximum atomic E-state index is 13.2. The lowest BCUT2D eigenvalue weighted by Crippen LogP contribution is -2.38. The number of nitrogens with zero attached hydrogens (tertiary/aromatic N) is 2. The van der Waals surface area contributed by atoms with E-state index < -0.39 is 26.0 Å². The molecule has 0 aliphatic rings. The van der Waals surface area contributed by atoms with Crippen molar-refractivity contribution in [2.75, 3.05) is 59.8 Å². The van der Waals surface area contributed by atoms with E-state index in [1.54, 1.807) is 0 Å². The van der Waals surface area contributed by atoms with E-state index >= 15 is 0 Å². The lowest BCUT2D eigenvalue weighted by atomic mass is 10.4. The summed E-state index contributed by atoms with van der Waals surface area (Å²) in [5.41, 5.74) is 5.90. The third kappa shape index (κ3) is 19.2. The highest BCUT2D eigenvalue weighted by Gasteiger charge is 2.26. The minimum atomic E-state index is -4.14. The normalized spacial score (nSPS) is 11.5. The van der Waals surface area contributed by atoms with Gasteiger partial charge in [0.2, 0.25) is 5.96 Å². The van der Waals surface area contributed by atoms with Crippen molar-refractivity contribution in [1.82, 2.24) is 4.90 Å². The van der Waals surface area contributed by atoms with Crippen LogP contribution in [0.3, 0.4) is 0 Å². The second-order valence-corrected chi connectivity index (χ2v) is 9.28. The van der Waals surface area contributed by atoms with Crippen LogP contribution in [0.5, 0.6) is 0 Å². The predicted octanol–water partition coefficient (Wildman–Crippen LogP) is 3.62. The van der Waals surface area contributed by atoms with Crippen LogP contribution in [0.15, 0.2) is 4.76 Å². The number of nitrogens with two attached hydrogens (primary N) is 1. The molecule has 15 heteroatoms. The molecule has 0 rings (SSSR count). The first-order valence-electron chi connectivity index (χ1n) is 12.4. The molecule has 0 aromatic heterocycles. The number of unbranched alkanes of at least 4 members (excludes halogenated alkanes) is 1. The quantitative estimate of drug-likeness (QED) is 0.0576. The summed E-state index contributed by atoms with van der Waals surface area (Å²) in [6.07, 6.45) is 1.66. The molecule has 37 heavy (non-hydrogen) atoms. The van der Waals surface area contributed by atoms with E-state index in [9.17, 15) is 18.9 Å². The molecule has 0 saturated heterocycles. The van der Waals surface area contributed by atoms with Crippen LogP contribution in [-0.2, 0) is 42.1 Å². The van der Waals surface area contributed by atoms with Crippen molar-refractivity contribution in [3.05, 3.63) is 0 Å². The van der Waals surface area contributed by atoms with E-state index in [4.69, 9.17) is 38.5 Å². The molecule has 0 saturated carbocycles. The Bertz CT molecular complexity index is 703. The summed E-state index contributed by atoms with van der Waals surface area (Å²) in [5.74, 6) is -0.792. The fraction of sp³-hybridized carbons (Fsp3) is 0.818. The number of likely N-dealkylation sites (N-methyl/N-ethyl adjacent to an activating group) is 1. The van der Waals surface area contributed by atoms with Gasteiger partial charge >= 0.3 is 26.0 Å². The highest BCUT2D eigenvalue weighted by molar-refractivity contribution is 7.52. The minimum Gasteiger partial charge on any atom is -0.464 e. The second kappa shape index (κ2) is 21.5. The highest BCUT2D eigenvalue weighted by atomic mass is 31.2. The van der Waals surface area contributed by atoms with E-state index in [0.717, 1.165) is 12.8 Å². The third-order valence-corrected chi connectivity index (χ3v) is 5.58. The molecule has 0 bridgehead atoms. The number of carbonyl (C=O) groups excluding carboxylic acids is 3. The summed E-state index contributed by atoms with van der Waals surface area (Å²) < 4.78 is 52.1. The molecule has 0 aromatic rings. The molecule has 0 aliphatic carbocycles. The van der Waals surface area contributed by atoms with Crippen molar-refractivity contribution in [3.8, 4) is 0 Å². The number of esters is 1. The maximum absolute atomic E-state index is 13.2. The van der Waals surface area contributed by atoms with Gasteiger partial charge in [-0.25, -0.2) is 14.2 Å². The average Bonchev–Trinajstić information content (AvgIpc) is 2.85. The van der Waals surface area contributed by atoms with E-state index in [-0.39, 0.29) is 71.6 Å². The predicted molar refractivity (Wildman–Crippen MR) is 134 cm³/mol. The van der Waals surface area contributed by atoms with Gasteiger partial charge in [-0.2, -0.15) is 0 Å². The molecule has 0 aliphatic heterocycles. The Hall–Kier alpha value is -2.57. The van der Waals surface area contributed by atoms with Crippen LogP contribution in [0, 0.1) is 0 Å². The van der Waals surface area contributed by atoms with Gasteiger partial charge in [0, 0.05) is 19.9 Å². The fourth-order valence-electron chi connectivity index (χ4n) is 2.19. The molecule has 0 radical (unpaired) electrons. The zero-order chi connectivity index (χ0) is 27.9. The van der Waals surface area contributed by atoms with Gasteiger partial charge in [-0.15, -0.1) is 4.76 Å². The Kier molecular flexibility index (Phi) is 20.0. The summed E-state index contributed by atoms with van der Waals surface area (Å²) >= 11 is 0. The lowest BCUT2D eigenvalue weighted by Gasteiger charge is -2.20. The van der Waals surface area contributed by atoms with Gasteiger partial charge in [-0.05, 0) is 19.3 Å². The molecule has 0 fully saturated rings. The van der Waals surface area contributed by atoms with E-state index in [0.29, 0.717) is 12.8 Å². The van der Waals surface area contributed by atoms with Crippen molar-refractivity contribution < 1.29 is 51.7 Å². The van der Waals surface area contributed by atoms with Crippen LogP contribution >= 0.6 is 7.75 Å². The summed E-state index contributed by atoms with van der Waals surface area (Å²) in [6, 6.07) is 0. The van der Waals surface area contributed by atoms with Crippen molar-refractivity contribution >= 4 is 32.0 Å². The number of hydrogen-bond acceptors (Lipinski definition) is 11. The monoisotopic (exact) mass is 555 g/mol. The van der Waals surface area contributed by atoms with E-state index in [1.807, 2.05) is 20.8 Å². The van der Waals surface area contributed by atoms with Crippen LogP contribution < -0.4 is 5.73 Å². The lowest BCUT2D eigenvalue weighted by molar-refractivity contribution is -0.143. The summed E-state index contributed by atoms with van der Waals surface area (Å²) in [5, 5.41) is 0. The molecule has 0 atom stereocenters. The zero-order valence-corrected chi connectivity index (χ0v) is 23.2. The average molecular weight is 556 g/mol. The summed E-state index contributed by atoms with van der Waals surface area (Å²) in [6.45, 7) is 5.85. The Balaban J connectivity index is 4.89. The second-order valence-electron chi connectivity index (χ2n) is 7.62. The van der Waals surface area contributed by atoms with Crippen LogP contribution in [0.2, 0.25) is 0 Å². The van der Waals surface area contributed by atoms with Crippen LogP contribution in [-0.4, -0.2) is 89.0 Å². The molecular weight excluding hydrogens is 513 g/mol. The first kappa shape index (κ1) is 34.4. The Morgan fingerprint density at radius 1 is 0.703 bits per heavy atom.